The van der Waals surface area contributed by atoms with E-state index in [1.807, 2.05) is 29.6 Å². The molecule has 0 aliphatic heterocycles. The van der Waals surface area contributed by atoms with Crippen LogP contribution >= 0.6 is 11.3 Å². The summed E-state index contributed by atoms with van der Waals surface area (Å²) in [6.07, 6.45) is 0. The molecule has 0 atom stereocenters. The molecule has 0 aliphatic carbocycles. The van der Waals surface area contributed by atoms with Gasteiger partial charge in [-0.25, -0.2) is 4.98 Å². The standard InChI is InChI=1S/C18H24N2OS/c1-12(2)17-20-15(11-22-17)10-19-16(21)13-6-8-14(9-7-13)18(3,4)5/h6-9,11-12H,10H2,1-5H3,(H,19,21). The maximum Gasteiger partial charge on any atom is 0.251 e. The van der Waals surface area contributed by atoms with Crippen LogP contribution in [0.3, 0.4) is 0 Å². The van der Waals surface area contributed by atoms with Crippen LogP contribution in [0.4, 0.5) is 0 Å². The molecule has 1 aromatic carbocycles. The van der Waals surface area contributed by atoms with E-state index in [0.29, 0.717) is 18.0 Å². The van der Waals surface area contributed by atoms with Gasteiger partial charge in [0.05, 0.1) is 17.2 Å². The summed E-state index contributed by atoms with van der Waals surface area (Å²) in [5.41, 5.74) is 2.94. The van der Waals surface area contributed by atoms with Crippen LogP contribution in [0.15, 0.2) is 29.6 Å². The van der Waals surface area contributed by atoms with Crippen molar-refractivity contribution in [1.29, 1.82) is 0 Å². The summed E-state index contributed by atoms with van der Waals surface area (Å²) in [6, 6.07) is 7.82. The van der Waals surface area contributed by atoms with Crippen molar-refractivity contribution in [3.05, 3.63) is 51.5 Å². The molecule has 118 valence electrons. The van der Waals surface area contributed by atoms with Crippen LogP contribution in [-0.2, 0) is 12.0 Å². The van der Waals surface area contributed by atoms with E-state index in [4.69, 9.17) is 0 Å². The number of thiazole rings is 1. The van der Waals surface area contributed by atoms with Crippen molar-refractivity contribution in [2.45, 2.75) is 52.5 Å². The molecule has 1 heterocycles. The van der Waals surface area contributed by atoms with E-state index in [9.17, 15) is 4.79 Å². The minimum atomic E-state index is -0.0560. The maximum atomic E-state index is 12.2. The zero-order valence-corrected chi connectivity index (χ0v) is 14.8. The number of benzene rings is 1. The molecule has 0 aliphatic rings. The van der Waals surface area contributed by atoms with Gasteiger partial charge in [0.2, 0.25) is 0 Å². The molecule has 1 aromatic heterocycles. The maximum absolute atomic E-state index is 12.2. The summed E-state index contributed by atoms with van der Waals surface area (Å²) < 4.78 is 0. The lowest BCUT2D eigenvalue weighted by Crippen LogP contribution is -2.23. The van der Waals surface area contributed by atoms with Crippen LogP contribution in [0.25, 0.3) is 0 Å². The van der Waals surface area contributed by atoms with E-state index in [0.717, 1.165) is 10.7 Å². The average molecular weight is 316 g/mol. The molecule has 0 unspecified atom stereocenters. The quantitative estimate of drug-likeness (QED) is 0.902. The van der Waals surface area contributed by atoms with Crippen molar-refractivity contribution in [2.75, 3.05) is 0 Å². The Hall–Kier alpha value is -1.68. The van der Waals surface area contributed by atoms with Crippen molar-refractivity contribution < 1.29 is 4.79 Å². The van der Waals surface area contributed by atoms with Crippen molar-refractivity contribution in [3.63, 3.8) is 0 Å². The SMILES string of the molecule is CC(C)c1nc(CNC(=O)c2ccc(C(C)(C)C)cc2)cs1. The molecular weight excluding hydrogens is 292 g/mol. The predicted octanol–water partition coefficient (Wildman–Crippen LogP) is 4.49. The van der Waals surface area contributed by atoms with Gasteiger partial charge >= 0.3 is 0 Å². The first-order valence-corrected chi connectivity index (χ1v) is 8.48. The van der Waals surface area contributed by atoms with Crippen LogP contribution < -0.4 is 5.32 Å². The average Bonchev–Trinajstić information content (AvgIpc) is 2.93. The molecule has 2 aromatic rings. The van der Waals surface area contributed by atoms with E-state index in [1.165, 1.54) is 5.56 Å². The number of amides is 1. The molecule has 3 nitrogen and oxygen atoms in total. The van der Waals surface area contributed by atoms with Crippen molar-refractivity contribution in [1.82, 2.24) is 10.3 Å². The van der Waals surface area contributed by atoms with Crippen LogP contribution in [0.5, 0.6) is 0 Å². The highest BCUT2D eigenvalue weighted by molar-refractivity contribution is 7.09. The Bertz CT molecular complexity index is 636. The molecule has 0 saturated heterocycles. The van der Waals surface area contributed by atoms with Gasteiger partial charge < -0.3 is 5.32 Å². The fraction of sp³-hybridized carbons (Fsp3) is 0.444. The molecule has 1 amide bonds. The number of carbonyl (C=O) groups excluding carboxylic acids is 1. The number of aromatic nitrogens is 1. The Morgan fingerprint density at radius 2 is 1.86 bits per heavy atom. The van der Waals surface area contributed by atoms with Gasteiger partial charge in [0.1, 0.15) is 0 Å². The Kier molecular flexibility index (Phi) is 5.01. The van der Waals surface area contributed by atoms with Crippen molar-refractivity contribution in [2.24, 2.45) is 0 Å². The normalized spacial score (nSPS) is 11.7. The molecule has 22 heavy (non-hydrogen) atoms. The van der Waals surface area contributed by atoms with Gasteiger partial charge in [0, 0.05) is 16.9 Å². The molecule has 4 heteroatoms. The third-order valence-electron chi connectivity index (χ3n) is 3.51. The molecule has 0 bridgehead atoms. The summed E-state index contributed by atoms with van der Waals surface area (Å²) in [5.74, 6) is 0.374. The number of nitrogens with one attached hydrogen (secondary N) is 1. The summed E-state index contributed by atoms with van der Waals surface area (Å²) in [5, 5.41) is 6.05. The van der Waals surface area contributed by atoms with Crippen LogP contribution in [0.2, 0.25) is 0 Å². The van der Waals surface area contributed by atoms with E-state index in [2.05, 4.69) is 44.9 Å². The topological polar surface area (TPSA) is 42.0 Å². The fourth-order valence-corrected chi connectivity index (χ4v) is 2.90. The van der Waals surface area contributed by atoms with Crippen molar-refractivity contribution in [3.8, 4) is 0 Å². The van der Waals surface area contributed by atoms with E-state index in [-0.39, 0.29) is 11.3 Å². The highest BCUT2D eigenvalue weighted by Crippen LogP contribution is 2.22. The smallest absolute Gasteiger partial charge is 0.251 e. The summed E-state index contributed by atoms with van der Waals surface area (Å²) >= 11 is 1.65. The second-order valence-electron chi connectivity index (χ2n) is 6.84. The Balaban J connectivity index is 1.97. The van der Waals surface area contributed by atoms with Gasteiger partial charge in [-0.2, -0.15) is 0 Å². The number of hydrogen-bond donors (Lipinski definition) is 1. The predicted molar refractivity (Wildman–Crippen MR) is 92.5 cm³/mol. The zero-order chi connectivity index (χ0) is 16.3. The molecule has 0 fully saturated rings. The number of rotatable bonds is 4. The molecular formula is C18H24N2OS. The zero-order valence-electron chi connectivity index (χ0n) is 13.9. The molecule has 0 saturated carbocycles. The first-order valence-electron chi connectivity index (χ1n) is 7.60. The second-order valence-corrected chi connectivity index (χ2v) is 7.73. The Morgan fingerprint density at radius 3 is 2.36 bits per heavy atom. The number of hydrogen-bond acceptors (Lipinski definition) is 3. The molecule has 0 spiro atoms. The van der Waals surface area contributed by atoms with Gasteiger partial charge in [0.15, 0.2) is 0 Å². The largest absolute Gasteiger partial charge is 0.346 e. The monoisotopic (exact) mass is 316 g/mol. The summed E-state index contributed by atoms with van der Waals surface area (Å²) in [6.45, 7) is 11.2. The lowest BCUT2D eigenvalue weighted by molar-refractivity contribution is 0.0950. The van der Waals surface area contributed by atoms with Gasteiger partial charge in [-0.3, -0.25) is 4.79 Å². The second kappa shape index (κ2) is 6.61. The summed E-state index contributed by atoms with van der Waals surface area (Å²) in [7, 11) is 0. The van der Waals surface area contributed by atoms with Crippen LogP contribution in [-0.4, -0.2) is 10.9 Å². The third kappa shape index (κ3) is 4.17. The Morgan fingerprint density at radius 1 is 1.23 bits per heavy atom. The highest BCUT2D eigenvalue weighted by Gasteiger charge is 2.14. The minimum Gasteiger partial charge on any atom is -0.346 e. The molecule has 1 N–H and O–H groups in total. The molecule has 2 rings (SSSR count). The minimum absolute atomic E-state index is 0.0560. The van der Waals surface area contributed by atoms with Gasteiger partial charge in [-0.15, -0.1) is 11.3 Å². The first kappa shape index (κ1) is 16.7. The van der Waals surface area contributed by atoms with E-state index in [1.54, 1.807) is 11.3 Å². The van der Waals surface area contributed by atoms with Gasteiger partial charge in [0.25, 0.3) is 5.91 Å². The highest BCUT2D eigenvalue weighted by atomic mass is 32.1. The van der Waals surface area contributed by atoms with Gasteiger partial charge in [-0.05, 0) is 23.1 Å². The number of nitrogens with zero attached hydrogens (tertiary/aromatic N) is 1. The Labute approximate surface area is 136 Å². The third-order valence-corrected chi connectivity index (χ3v) is 4.70. The van der Waals surface area contributed by atoms with Crippen LogP contribution in [0, 0.1) is 0 Å². The summed E-state index contributed by atoms with van der Waals surface area (Å²) in [4.78, 5) is 16.7. The molecule has 0 radical (unpaired) electrons. The fourth-order valence-electron chi connectivity index (χ4n) is 2.06. The lowest BCUT2D eigenvalue weighted by atomic mass is 9.87. The van der Waals surface area contributed by atoms with E-state index >= 15 is 0 Å². The van der Waals surface area contributed by atoms with Gasteiger partial charge in [-0.1, -0.05) is 46.8 Å². The lowest BCUT2D eigenvalue weighted by Gasteiger charge is -2.19. The van der Waals surface area contributed by atoms with E-state index < -0.39 is 0 Å². The first-order chi connectivity index (χ1) is 10.3. The van der Waals surface area contributed by atoms with Crippen molar-refractivity contribution >= 4 is 17.2 Å². The number of carbonyl (C=O) groups is 1. The van der Waals surface area contributed by atoms with Crippen LogP contribution in [0.1, 0.15) is 67.2 Å².